The van der Waals surface area contributed by atoms with Crippen LogP contribution in [0, 0.1) is 53.3 Å². The fourth-order valence-corrected chi connectivity index (χ4v) is 10.2. The van der Waals surface area contributed by atoms with E-state index >= 15 is 0 Å². The fourth-order valence-electron chi connectivity index (χ4n) is 9.32. The normalized spacial score (nSPS) is 37.4. The Morgan fingerprint density at radius 3 is 2.53 bits per heavy atom. The topological polar surface area (TPSA) is 95.5 Å². The van der Waals surface area contributed by atoms with E-state index in [2.05, 4.69) is 37.1 Å². The van der Waals surface area contributed by atoms with Gasteiger partial charge in [-0.25, -0.2) is 8.42 Å². The smallest absolute Gasteiger partial charge is 0.303 e. The molecule has 38 heavy (non-hydrogen) atoms. The number of carbonyl (C=O) groups is 1. The first-order chi connectivity index (χ1) is 18.0. The number of aliphatic carboxylic acids is 1. The molecule has 0 heterocycles. The molecule has 3 fully saturated rings. The van der Waals surface area contributed by atoms with E-state index in [-0.39, 0.29) is 28.1 Å². The van der Waals surface area contributed by atoms with Gasteiger partial charge in [-0.05, 0) is 105 Å². The number of carboxylic acid groups (broad SMARTS) is 1. The van der Waals surface area contributed by atoms with Gasteiger partial charge in [0.1, 0.15) is 0 Å². The van der Waals surface area contributed by atoms with Crippen LogP contribution in [0.4, 0.5) is 0 Å². The van der Waals surface area contributed by atoms with Gasteiger partial charge in [0, 0.05) is 17.5 Å². The van der Waals surface area contributed by atoms with Gasteiger partial charge < -0.3 is 10.5 Å². The van der Waals surface area contributed by atoms with E-state index in [0.717, 1.165) is 30.0 Å². The van der Waals surface area contributed by atoms with E-state index in [1.165, 1.54) is 38.5 Å². The van der Waals surface area contributed by atoms with Gasteiger partial charge >= 0.3 is 5.97 Å². The van der Waals surface area contributed by atoms with Crippen molar-refractivity contribution in [3.05, 3.63) is 41.6 Å². The summed E-state index contributed by atoms with van der Waals surface area (Å²) in [7, 11) is -3.74. The maximum absolute atomic E-state index is 13.3. The maximum atomic E-state index is 13.3. The minimum Gasteiger partial charge on any atom is -0.481 e. The molecular formula is C31H46N2O4S. The zero-order valence-corrected chi connectivity index (χ0v) is 24.3. The predicted molar refractivity (Wildman–Crippen MR) is 149 cm³/mol. The Bertz CT molecular complexity index is 1180. The lowest BCUT2D eigenvalue weighted by Gasteiger charge is -2.59. The summed E-state index contributed by atoms with van der Waals surface area (Å²) in [5, 5.41) is 9.35. The Hall–Kier alpha value is -1.86. The van der Waals surface area contributed by atoms with Gasteiger partial charge in [0.25, 0.3) is 10.0 Å². The summed E-state index contributed by atoms with van der Waals surface area (Å²) >= 11 is 0. The summed E-state index contributed by atoms with van der Waals surface area (Å²) < 4.78 is 26.6. The number of fused-ring (bicyclic) bond motifs is 5. The van der Waals surface area contributed by atoms with Gasteiger partial charge in [0.05, 0.1) is 4.90 Å². The van der Waals surface area contributed by atoms with Crippen LogP contribution in [0.15, 0.2) is 40.9 Å². The number of hydrazine groups is 1. The molecule has 1 unspecified atom stereocenters. The fraction of sp³-hybridized carbons (Fsp3) is 0.710. The van der Waals surface area contributed by atoms with Crippen LogP contribution in [0.25, 0.3) is 0 Å². The molecule has 8 atom stereocenters. The van der Waals surface area contributed by atoms with Gasteiger partial charge in [-0.15, -0.1) is 4.83 Å². The van der Waals surface area contributed by atoms with Crippen LogP contribution < -0.4 is 10.3 Å². The van der Waals surface area contributed by atoms with E-state index in [0.29, 0.717) is 30.1 Å². The van der Waals surface area contributed by atoms with Crippen LogP contribution >= 0.6 is 0 Å². The third-order valence-corrected chi connectivity index (χ3v) is 12.7. The third kappa shape index (κ3) is 4.72. The number of nitrogens with one attached hydrogen (secondary N) is 2. The van der Waals surface area contributed by atoms with Gasteiger partial charge in [-0.2, -0.15) is 0 Å². The highest BCUT2D eigenvalue weighted by atomic mass is 32.2. The van der Waals surface area contributed by atoms with Crippen LogP contribution in [0.2, 0.25) is 0 Å². The zero-order chi connectivity index (χ0) is 27.3. The SMILES string of the molecule is Cc1ccc(S(=O)(=O)NNC2=C[C@H]3[C@@H](CCC4CCCC[C@@]43C)[C@@H]3CC[C@H]([C@H](C)CCC(=O)O)[C@@]23C)cc1. The number of benzene rings is 1. The molecule has 4 aliphatic rings. The molecular weight excluding hydrogens is 496 g/mol. The average Bonchev–Trinajstić information content (AvgIpc) is 3.24. The largest absolute Gasteiger partial charge is 0.481 e. The van der Waals surface area contributed by atoms with E-state index in [1.807, 2.05) is 19.1 Å². The Labute approximate surface area is 229 Å². The zero-order valence-electron chi connectivity index (χ0n) is 23.5. The standard InChI is InChI=1S/C31H46N2O4S/c1-20-8-12-23(13-9-20)38(36,37)33-32-28-19-27-24(14-11-22-7-5-6-18-30(22,27)3)26-16-15-25(31(26,28)4)21(2)10-17-29(34)35/h8-9,12-13,19,21-22,24-27,32-33H,5-7,10-11,14-18H2,1-4H3,(H,34,35)/t21-,22?,24+,25-,26+,27+,30+,31-/m1/s1. The molecule has 3 N–H and O–H groups in total. The van der Waals surface area contributed by atoms with Gasteiger partial charge in [-0.1, -0.05) is 57.4 Å². The summed E-state index contributed by atoms with van der Waals surface area (Å²) in [6.07, 6.45) is 13.2. The van der Waals surface area contributed by atoms with Gasteiger partial charge in [0.15, 0.2) is 0 Å². The molecule has 0 amide bonds. The lowest BCUT2D eigenvalue weighted by Crippen LogP contribution is -2.55. The Morgan fingerprint density at radius 1 is 1.08 bits per heavy atom. The van der Waals surface area contributed by atoms with Crippen molar-refractivity contribution in [3.63, 3.8) is 0 Å². The summed E-state index contributed by atoms with van der Waals surface area (Å²) in [5.41, 5.74) is 5.37. The van der Waals surface area contributed by atoms with Crippen molar-refractivity contribution in [1.29, 1.82) is 0 Å². The van der Waals surface area contributed by atoms with Crippen LogP contribution in [-0.4, -0.2) is 19.5 Å². The monoisotopic (exact) mass is 542 g/mol. The number of aryl methyl sites for hydroxylation is 1. The average molecular weight is 543 g/mol. The van der Waals surface area contributed by atoms with E-state index in [9.17, 15) is 18.3 Å². The molecule has 1 aromatic carbocycles. The molecule has 0 aromatic heterocycles. The van der Waals surface area contributed by atoms with E-state index in [4.69, 9.17) is 0 Å². The first kappa shape index (κ1) is 27.7. The molecule has 7 heteroatoms. The number of hydrogen-bond donors (Lipinski definition) is 3. The highest BCUT2D eigenvalue weighted by molar-refractivity contribution is 7.89. The molecule has 4 aliphatic carbocycles. The highest BCUT2D eigenvalue weighted by Crippen LogP contribution is 2.67. The molecule has 1 aromatic rings. The molecule has 0 bridgehead atoms. The summed E-state index contributed by atoms with van der Waals surface area (Å²) in [6, 6.07) is 6.94. The number of rotatable bonds is 8. The van der Waals surface area contributed by atoms with E-state index in [1.54, 1.807) is 12.1 Å². The van der Waals surface area contributed by atoms with Gasteiger partial charge in [-0.3, -0.25) is 4.79 Å². The number of carboxylic acids is 1. The van der Waals surface area contributed by atoms with Crippen LogP contribution in [0.5, 0.6) is 0 Å². The van der Waals surface area contributed by atoms with Gasteiger partial charge in [0.2, 0.25) is 0 Å². The van der Waals surface area contributed by atoms with E-state index < -0.39 is 16.0 Å². The summed E-state index contributed by atoms with van der Waals surface area (Å²) in [5.74, 6) is 2.08. The number of allylic oxidation sites excluding steroid dienone is 2. The second-order valence-electron chi connectivity index (χ2n) is 13.3. The molecule has 3 saturated carbocycles. The Balaban J connectivity index is 1.50. The first-order valence-corrected chi connectivity index (χ1v) is 16.2. The Kier molecular flexibility index (Phi) is 7.49. The molecule has 5 rings (SSSR count). The minimum absolute atomic E-state index is 0.177. The van der Waals surface area contributed by atoms with Crippen molar-refractivity contribution in [3.8, 4) is 0 Å². The molecule has 0 radical (unpaired) electrons. The van der Waals surface area contributed by atoms with Crippen molar-refractivity contribution in [1.82, 2.24) is 10.3 Å². The van der Waals surface area contributed by atoms with Crippen LogP contribution in [0.1, 0.15) is 90.5 Å². The lowest BCUT2D eigenvalue weighted by molar-refractivity contribution is -0.137. The third-order valence-electron chi connectivity index (χ3n) is 11.4. The lowest BCUT2D eigenvalue weighted by atomic mass is 9.46. The van der Waals surface area contributed by atoms with Crippen LogP contribution in [-0.2, 0) is 14.8 Å². The Morgan fingerprint density at radius 2 is 1.82 bits per heavy atom. The molecule has 0 spiro atoms. The molecule has 6 nitrogen and oxygen atoms in total. The van der Waals surface area contributed by atoms with Crippen molar-refractivity contribution >= 4 is 16.0 Å². The number of hydrogen-bond acceptors (Lipinski definition) is 4. The maximum Gasteiger partial charge on any atom is 0.303 e. The predicted octanol–water partition coefficient (Wildman–Crippen LogP) is 6.43. The van der Waals surface area contributed by atoms with Crippen molar-refractivity contribution in [2.75, 3.05) is 0 Å². The second-order valence-corrected chi connectivity index (χ2v) is 15.0. The second kappa shape index (κ2) is 10.3. The minimum atomic E-state index is -3.74. The first-order valence-electron chi connectivity index (χ1n) is 14.8. The molecule has 0 saturated heterocycles. The summed E-state index contributed by atoms with van der Waals surface area (Å²) in [6.45, 7) is 8.97. The molecule has 210 valence electrons. The summed E-state index contributed by atoms with van der Waals surface area (Å²) in [4.78, 5) is 14.4. The van der Waals surface area contributed by atoms with Crippen molar-refractivity contribution in [2.45, 2.75) is 96.8 Å². The van der Waals surface area contributed by atoms with Crippen molar-refractivity contribution < 1.29 is 18.3 Å². The molecule has 0 aliphatic heterocycles. The van der Waals surface area contributed by atoms with Crippen molar-refractivity contribution in [2.24, 2.45) is 46.3 Å². The quantitative estimate of drug-likeness (QED) is 0.329. The van der Waals surface area contributed by atoms with Crippen LogP contribution in [0.3, 0.4) is 0 Å². The highest BCUT2D eigenvalue weighted by Gasteiger charge is 2.61. The number of sulfonamides is 1.